The molecule has 1 N–H and O–H groups in total. The Morgan fingerprint density at radius 3 is 2.54 bits per heavy atom. The summed E-state index contributed by atoms with van der Waals surface area (Å²) in [4.78, 5) is 27.7. The standard InChI is InChI=1S/C18H14ClN3O4/c19-14-8-6-13(7-9-14)18-21-15(22-26-18)11-25-16(23)10-20-17(24)12-4-2-1-3-5-12/h1-9H,10-11H2,(H,20,24). The van der Waals surface area contributed by atoms with E-state index in [0.717, 1.165) is 0 Å². The normalized spacial score (nSPS) is 10.3. The molecule has 0 radical (unpaired) electrons. The first kappa shape index (κ1) is 17.6. The summed E-state index contributed by atoms with van der Waals surface area (Å²) in [5.74, 6) is -0.443. The fourth-order valence-electron chi connectivity index (χ4n) is 2.06. The lowest BCUT2D eigenvalue weighted by Gasteiger charge is -2.04. The molecule has 0 atom stereocenters. The zero-order valence-electron chi connectivity index (χ0n) is 13.5. The Kier molecular flexibility index (Phi) is 5.60. The van der Waals surface area contributed by atoms with Crippen molar-refractivity contribution < 1.29 is 18.8 Å². The third-order valence-electron chi connectivity index (χ3n) is 3.35. The van der Waals surface area contributed by atoms with Crippen LogP contribution in [0.5, 0.6) is 0 Å². The van der Waals surface area contributed by atoms with Crippen LogP contribution in [-0.2, 0) is 16.1 Å². The van der Waals surface area contributed by atoms with Gasteiger partial charge in [-0.2, -0.15) is 4.98 Å². The van der Waals surface area contributed by atoms with Crippen molar-refractivity contribution in [1.29, 1.82) is 0 Å². The molecule has 2 aromatic carbocycles. The SMILES string of the molecule is O=C(CNC(=O)c1ccccc1)OCc1noc(-c2ccc(Cl)cc2)n1. The van der Waals surface area contributed by atoms with Crippen LogP contribution in [0, 0.1) is 0 Å². The van der Waals surface area contributed by atoms with Crippen molar-refractivity contribution >= 4 is 23.5 Å². The molecule has 0 spiro atoms. The number of aromatic nitrogens is 2. The van der Waals surface area contributed by atoms with E-state index in [9.17, 15) is 9.59 Å². The van der Waals surface area contributed by atoms with Crippen LogP contribution in [0.3, 0.4) is 0 Å². The Labute approximate surface area is 153 Å². The zero-order chi connectivity index (χ0) is 18.4. The third kappa shape index (κ3) is 4.67. The maximum Gasteiger partial charge on any atom is 0.325 e. The zero-order valence-corrected chi connectivity index (χ0v) is 14.3. The maximum atomic E-state index is 11.8. The van der Waals surface area contributed by atoms with Crippen molar-refractivity contribution in [2.75, 3.05) is 6.54 Å². The topological polar surface area (TPSA) is 94.3 Å². The molecule has 8 heteroatoms. The molecule has 1 amide bonds. The average molecular weight is 372 g/mol. The van der Waals surface area contributed by atoms with Crippen molar-refractivity contribution in [2.24, 2.45) is 0 Å². The monoisotopic (exact) mass is 371 g/mol. The summed E-state index contributed by atoms with van der Waals surface area (Å²) in [6, 6.07) is 15.5. The molecule has 1 heterocycles. The van der Waals surface area contributed by atoms with E-state index in [0.29, 0.717) is 22.0 Å². The van der Waals surface area contributed by atoms with E-state index < -0.39 is 5.97 Å². The Balaban J connectivity index is 1.47. The molecule has 0 aliphatic rings. The van der Waals surface area contributed by atoms with E-state index in [1.807, 2.05) is 0 Å². The largest absolute Gasteiger partial charge is 0.456 e. The third-order valence-corrected chi connectivity index (χ3v) is 3.60. The Morgan fingerprint density at radius 1 is 1.08 bits per heavy atom. The van der Waals surface area contributed by atoms with Gasteiger partial charge in [0, 0.05) is 16.1 Å². The molecule has 3 rings (SSSR count). The van der Waals surface area contributed by atoms with Crippen LogP contribution in [0.1, 0.15) is 16.2 Å². The van der Waals surface area contributed by atoms with Gasteiger partial charge in [-0.3, -0.25) is 9.59 Å². The van der Waals surface area contributed by atoms with Gasteiger partial charge in [-0.15, -0.1) is 0 Å². The highest BCUT2D eigenvalue weighted by Gasteiger charge is 2.12. The number of rotatable bonds is 6. The van der Waals surface area contributed by atoms with Gasteiger partial charge in [0.05, 0.1) is 0 Å². The lowest BCUT2D eigenvalue weighted by molar-refractivity contribution is -0.143. The van der Waals surface area contributed by atoms with Crippen LogP contribution in [0.2, 0.25) is 5.02 Å². The number of nitrogens with one attached hydrogen (secondary N) is 1. The first-order chi connectivity index (χ1) is 12.6. The number of amides is 1. The average Bonchev–Trinajstić information content (AvgIpc) is 3.14. The number of hydrogen-bond donors (Lipinski definition) is 1. The molecular formula is C18H14ClN3O4. The predicted octanol–water partition coefficient (Wildman–Crippen LogP) is 2.86. The summed E-state index contributed by atoms with van der Waals surface area (Å²) < 4.78 is 10.1. The number of carbonyl (C=O) groups excluding carboxylic acids is 2. The molecule has 1 aromatic heterocycles. The summed E-state index contributed by atoms with van der Waals surface area (Å²) >= 11 is 5.83. The first-order valence-corrected chi connectivity index (χ1v) is 8.07. The van der Waals surface area contributed by atoms with Crippen molar-refractivity contribution in [3.8, 4) is 11.5 Å². The minimum absolute atomic E-state index is 0.156. The van der Waals surface area contributed by atoms with Crippen LogP contribution >= 0.6 is 11.6 Å². The maximum absolute atomic E-state index is 11.8. The molecule has 132 valence electrons. The van der Waals surface area contributed by atoms with Gasteiger partial charge in [-0.05, 0) is 36.4 Å². The van der Waals surface area contributed by atoms with Crippen LogP contribution in [0.15, 0.2) is 59.1 Å². The molecule has 0 saturated carbocycles. The lowest BCUT2D eigenvalue weighted by Crippen LogP contribution is -2.30. The second-order valence-corrected chi connectivity index (χ2v) is 5.67. The number of carbonyl (C=O) groups is 2. The number of benzene rings is 2. The molecule has 0 fully saturated rings. The number of ether oxygens (including phenoxy) is 1. The van der Waals surface area contributed by atoms with E-state index in [2.05, 4.69) is 15.5 Å². The van der Waals surface area contributed by atoms with Gasteiger partial charge in [-0.1, -0.05) is 35.0 Å². The molecule has 26 heavy (non-hydrogen) atoms. The fourth-order valence-corrected chi connectivity index (χ4v) is 2.19. The fraction of sp³-hybridized carbons (Fsp3) is 0.111. The number of nitrogens with zero attached hydrogens (tertiary/aromatic N) is 2. The summed E-state index contributed by atoms with van der Waals surface area (Å²) in [5, 5.41) is 6.82. The number of halogens is 1. The Hall–Kier alpha value is -3.19. The van der Waals surface area contributed by atoms with Crippen molar-refractivity contribution in [3.05, 3.63) is 71.0 Å². The highest BCUT2D eigenvalue weighted by atomic mass is 35.5. The highest BCUT2D eigenvalue weighted by Crippen LogP contribution is 2.19. The summed E-state index contributed by atoms with van der Waals surface area (Å²) in [7, 11) is 0. The summed E-state index contributed by atoms with van der Waals surface area (Å²) in [6.45, 7) is -0.410. The van der Waals surface area contributed by atoms with Crippen molar-refractivity contribution in [2.45, 2.75) is 6.61 Å². The van der Waals surface area contributed by atoms with Crippen LogP contribution < -0.4 is 5.32 Å². The van der Waals surface area contributed by atoms with E-state index >= 15 is 0 Å². The van der Waals surface area contributed by atoms with Crippen LogP contribution in [-0.4, -0.2) is 28.6 Å². The van der Waals surface area contributed by atoms with E-state index in [1.54, 1.807) is 54.6 Å². The number of hydrogen-bond acceptors (Lipinski definition) is 6. The summed E-state index contributed by atoms with van der Waals surface area (Å²) in [6.07, 6.45) is 0. The summed E-state index contributed by atoms with van der Waals surface area (Å²) in [5.41, 5.74) is 1.17. The molecule has 7 nitrogen and oxygen atoms in total. The predicted molar refractivity (Wildman–Crippen MR) is 93.3 cm³/mol. The van der Waals surface area contributed by atoms with Crippen LogP contribution in [0.25, 0.3) is 11.5 Å². The second kappa shape index (κ2) is 8.26. The minimum Gasteiger partial charge on any atom is -0.456 e. The van der Waals surface area contributed by atoms with E-state index in [-0.39, 0.29) is 24.9 Å². The van der Waals surface area contributed by atoms with Gasteiger partial charge in [-0.25, -0.2) is 0 Å². The Bertz CT molecular complexity index is 894. The van der Waals surface area contributed by atoms with Crippen LogP contribution in [0.4, 0.5) is 0 Å². The smallest absolute Gasteiger partial charge is 0.325 e. The molecule has 0 aliphatic carbocycles. The quantitative estimate of drug-likeness (QED) is 0.669. The van der Waals surface area contributed by atoms with Gasteiger partial charge in [0.2, 0.25) is 5.82 Å². The molecule has 0 aliphatic heterocycles. The second-order valence-electron chi connectivity index (χ2n) is 5.23. The van der Waals surface area contributed by atoms with Crippen molar-refractivity contribution in [3.63, 3.8) is 0 Å². The highest BCUT2D eigenvalue weighted by molar-refractivity contribution is 6.30. The van der Waals surface area contributed by atoms with Gasteiger partial charge in [0.25, 0.3) is 11.8 Å². The number of esters is 1. The van der Waals surface area contributed by atoms with Gasteiger partial charge >= 0.3 is 5.97 Å². The Morgan fingerprint density at radius 2 is 1.81 bits per heavy atom. The van der Waals surface area contributed by atoms with Crippen molar-refractivity contribution in [1.82, 2.24) is 15.5 Å². The molecule has 0 unspecified atom stereocenters. The van der Waals surface area contributed by atoms with Gasteiger partial charge in [0.15, 0.2) is 6.61 Å². The van der Waals surface area contributed by atoms with E-state index in [4.69, 9.17) is 20.9 Å². The molecule has 0 bridgehead atoms. The van der Waals surface area contributed by atoms with E-state index in [1.165, 1.54) is 0 Å². The minimum atomic E-state index is -0.605. The molecule has 0 saturated heterocycles. The molecular weight excluding hydrogens is 358 g/mol. The van der Waals surface area contributed by atoms with Gasteiger partial charge in [0.1, 0.15) is 6.54 Å². The first-order valence-electron chi connectivity index (χ1n) is 7.69. The van der Waals surface area contributed by atoms with Gasteiger partial charge < -0.3 is 14.6 Å². The lowest BCUT2D eigenvalue weighted by atomic mass is 10.2. The molecule has 3 aromatic rings.